The summed E-state index contributed by atoms with van der Waals surface area (Å²) in [5.41, 5.74) is 9.44. The van der Waals surface area contributed by atoms with Gasteiger partial charge in [-0.1, -0.05) is 72.8 Å². The molecule has 10 rings (SSSR count). The molecule has 0 spiro atoms. The van der Waals surface area contributed by atoms with Crippen molar-refractivity contribution in [1.82, 2.24) is 9.13 Å². The predicted molar refractivity (Wildman–Crippen MR) is 232 cm³/mol. The maximum absolute atomic E-state index is 6.52. The van der Waals surface area contributed by atoms with E-state index in [-0.39, 0.29) is 0 Å². The number of fused-ring (bicyclic) bond motifs is 6. The third-order valence-corrected chi connectivity index (χ3v) is 13.0. The largest absolute Gasteiger partial charge is 0.494 e. The number of nitrogens with zero attached hydrogens (tertiary/aromatic N) is 2. The van der Waals surface area contributed by atoms with Crippen LogP contribution >= 0.6 is 0 Å². The fraction of sp³-hybridized carbons (Fsp3) is 0.250. The van der Waals surface area contributed by atoms with Gasteiger partial charge < -0.3 is 27.8 Å². The molecule has 2 fully saturated rings. The molecular weight excluding hydrogens is 690 g/mol. The SMILES string of the molecule is CC1(C)OB(c2ccc3c(c2)c2cc(-c4ccc5c(c4)c4cc(B6OC(C)(C)C(C)(C)O6)ccc4n5-c4ccccc4)ccc2n3-c2ccccc2)OC1(C)C. The summed E-state index contributed by atoms with van der Waals surface area (Å²) in [6.07, 6.45) is 0. The van der Waals surface area contributed by atoms with Gasteiger partial charge in [0.05, 0.1) is 44.5 Å². The molecular formula is C48H46B2N2O4. The van der Waals surface area contributed by atoms with Crippen molar-refractivity contribution >= 4 is 68.8 Å². The van der Waals surface area contributed by atoms with Gasteiger partial charge in [-0.05, 0) is 138 Å². The van der Waals surface area contributed by atoms with Gasteiger partial charge in [-0.25, -0.2) is 0 Å². The van der Waals surface area contributed by atoms with Crippen molar-refractivity contribution in [2.45, 2.75) is 77.8 Å². The molecule has 0 aliphatic carbocycles. The maximum Gasteiger partial charge on any atom is 0.494 e. The number of benzene rings is 6. The van der Waals surface area contributed by atoms with Crippen LogP contribution in [0.1, 0.15) is 55.4 Å². The van der Waals surface area contributed by atoms with Gasteiger partial charge >= 0.3 is 14.2 Å². The zero-order valence-electron chi connectivity index (χ0n) is 33.4. The van der Waals surface area contributed by atoms with Crippen molar-refractivity contribution < 1.29 is 18.6 Å². The third-order valence-electron chi connectivity index (χ3n) is 13.0. The van der Waals surface area contributed by atoms with E-state index in [0.717, 1.165) is 66.3 Å². The van der Waals surface area contributed by atoms with Crippen LogP contribution in [0.25, 0.3) is 66.1 Å². The van der Waals surface area contributed by atoms with E-state index < -0.39 is 36.6 Å². The van der Waals surface area contributed by atoms with Crippen LogP contribution in [0.4, 0.5) is 0 Å². The van der Waals surface area contributed by atoms with Crippen LogP contribution in [-0.2, 0) is 18.6 Å². The standard InChI is InChI=1S/C48H46B2N2O4/c1-45(2)46(3,4)54-49(53-45)33-21-25-43-39(29-33)37-27-31(19-23-41(37)51(43)35-15-11-9-12-16-35)32-20-24-42-38(28-32)40-30-34(50-55-47(5,6)48(7,8)56-50)22-26-44(40)52(42)36-17-13-10-14-18-36/h9-30H,1-8H3. The van der Waals surface area contributed by atoms with E-state index in [1.54, 1.807) is 0 Å². The Kier molecular flexibility index (Phi) is 7.69. The van der Waals surface area contributed by atoms with E-state index in [1.807, 2.05) is 0 Å². The Balaban J connectivity index is 1.15. The van der Waals surface area contributed by atoms with Crippen LogP contribution in [-0.4, -0.2) is 45.8 Å². The second-order valence-electron chi connectivity index (χ2n) is 17.5. The fourth-order valence-corrected chi connectivity index (χ4v) is 8.40. The Morgan fingerprint density at radius 3 is 1.00 bits per heavy atom. The van der Waals surface area contributed by atoms with Crippen molar-refractivity contribution in [2.75, 3.05) is 0 Å². The quantitative estimate of drug-likeness (QED) is 0.165. The predicted octanol–water partition coefficient (Wildman–Crippen LogP) is 10.1. The maximum atomic E-state index is 6.52. The number of para-hydroxylation sites is 2. The Hall–Kier alpha value is -5.11. The minimum absolute atomic E-state index is 0.425. The molecule has 0 N–H and O–H groups in total. The summed E-state index contributed by atoms with van der Waals surface area (Å²) in [6, 6.07) is 48.2. The highest BCUT2D eigenvalue weighted by Gasteiger charge is 2.52. The number of hydrogen-bond acceptors (Lipinski definition) is 4. The van der Waals surface area contributed by atoms with Crippen molar-refractivity contribution in [2.24, 2.45) is 0 Å². The van der Waals surface area contributed by atoms with Crippen molar-refractivity contribution in [1.29, 1.82) is 0 Å². The lowest BCUT2D eigenvalue weighted by Gasteiger charge is -2.32. The molecule has 0 radical (unpaired) electrons. The molecule has 56 heavy (non-hydrogen) atoms. The third kappa shape index (κ3) is 5.34. The first-order valence-electron chi connectivity index (χ1n) is 19.7. The molecule has 4 heterocycles. The molecule has 6 aromatic carbocycles. The van der Waals surface area contributed by atoms with Crippen LogP contribution in [0, 0.1) is 0 Å². The van der Waals surface area contributed by atoms with Crippen LogP contribution < -0.4 is 10.9 Å². The second-order valence-corrected chi connectivity index (χ2v) is 17.5. The fourth-order valence-electron chi connectivity index (χ4n) is 8.40. The summed E-state index contributed by atoms with van der Waals surface area (Å²) in [5.74, 6) is 0. The molecule has 2 aromatic heterocycles. The first-order valence-corrected chi connectivity index (χ1v) is 19.7. The summed E-state index contributed by atoms with van der Waals surface area (Å²) < 4.78 is 30.8. The molecule has 0 unspecified atom stereocenters. The molecule has 0 atom stereocenters. The zero-order valence-corrected chi connectivity index (χ0v) is 33.4. The van der Waals surface area contributed by atoms with Gasteiger partial charge in [0.15, 0.2) is 0 Å². The minimum Gasteiger partial charge on any atom is -0.399 e. The van der Waals surface area contributed by atoms with Crippen LogP contribution in [0.3, 0.4) is 0 Å². The summed E-state index contributed by atoms with van der Waals surface area (Å²) in [6.45, 7) is 16.8. The molecule has 8 heteroatoms. The lowest BCUT2D eigenvalue weighted by atomic mass is 9.78. The monoisotopic (exact) mass is 736 g/mol. The Labute approximate surface area is 329 Å². The Morgan fingerprint density at radius 1 is 0.357 bits per heavy atom. The van der Waals surface area contributed by atoms with Gasteiger partial charge in [-0.15, -0.1) is 0 Å². The van der Waals surface area contributed by atoms with E-state index in [9.17, 15) is 0 Å². The molecule has 2 aliphatic rings. The first-order chi connectivity index (χ1) is 26.7. The van der Waals surface area contributed by atoms with Crippen LogP contribution in [0.2, 0.25) is 0 Å². The lowest BCUT2D eigenvalue weighted by Crippen LogP contribution is -2.41. The lowest BCUT2D eigenvalue weighted by molar-refractivity contribution is 0.00578. The molecule has 6 nitrogen and oxygen atoms in total. The van der Waals surface area contributed by atoms with Gasteiger partial charge in [-0.3, -0.25) is 0 Å². The minimum atomic E-state index is -0.450. The zero-order chi connectivity index (χ0) is 38.8. The average Bonchev–Trinajstić information content (AvgIpc) is 3.83. The molecule has 0 bridgehead atoms. The van der Waals surface area contributed by atoms with Crippen molar-refractivity contribution in [3.8, 4) is 22.5 Å². The Bertz CT molecular complexity index is 2610. The normalized spacial score (nSPS) is 18.6. The van der Waals surface area contributed by atoms with Crippen LogP contribution in [0.5, 0.6) is 0 Å². The Morgan fingerprint density at radius 2 is 0.661 bits per heavy atom. The molecule has 2 saturated heterocycles. The summed E-state index contributed by atoms with van der Waals surface area (Å²) in [4.78, 5) is 0. The highest BCUT2D eigenvalue weighted by molar-refractivity contribution is 6.63. The summed E-state index contributed by atoms with van der Waals surface area (Å²) in [7, 11) is -0.900. The smallest absolute Gasteiger partial charge is 0.399 e. The highest BCUT2D eigenvalue weighted by atomic mass is 16.7. The van der Waals surface area contributed by atoms with E-state index in [4.69, 9.17) is 18.6 Å². The van der Waals surface area contributed by atoms with E-state index >= 15 is 0 Å². The van der Waals surface area contributed by atoms with Crippen molar-refractivity contribution in [3.63, 3.8) is 0 Å². The summed E-state index contributed by atoms with van der Waals surface area (Å²) >= 11 is 0. The van der Waals surface area contributed by atoms with E-state index in [1.165, 1.54) is 10.8 Å². The van der Waals surface area contributed by atoms with Gasteiger partial charge in [0.25, 0.3) is 0 Å². The van der Waals surface area contributed by atoms with Gasteiger partial charge in [0.1, 0.15) is 0 Å². The molecule has 0 amide bonds. The molecule has 2 aliphatic heterocycles. The first kappa shape index (κ1) is 35.3. The van der Waals surface area contributed by atoms with Gasteiger partial charge in [0, 0.05) is 32.9 Å². The number of hydrogen-bond donors (Lipinski definition) is 0. The van der Waals surface area contributed by atoms with Crippen molar-refractivity contribution in [3.05, 3.63) is 133 Å². The van der Waals surface area contributed by atoms with Crippen LogP contribution in [0.15, 0.2) is 133 Å². The second kappa shape index (κ2) is 12.2. The highest BCUT2D eigenvalue weighted by Crippen LogP contribution is 2.41. The van der Waals surface area contributed by atoms with E-state index in [0.29, 0.717) is 0 Å². The molecule has 278 valence electrons. The molecule has 0 saturated carbocycles. The number of aromatic nitrogens is 2. The van der Waals surface area contributed by atoms with Gasteiger partial charge in [0.2, 0.25) is 0 Å². The van der Waals surface area contributed by atoms with Gasteiger partial charge in [-0.2, -0.15) is 0 Å². The number of rotatable bonds is 5. The average molecular weight is 737 g/mol. The topological polar surface area (TPSA) is 46.8 Å². The van der Waals surface area contributed by atoms with E-state index in [2.05, 4.69) is 198 Å². The molecule has 8 aromatic rings. The summed E-state index contributed by atoms with van der Waals surface area (Å²) in [5, 5.41) is 4.67.